The van der Waals surface area contributed by atoms with Crippen LogP contribution in [0, 0.1) is 11.8 Å². The van der Waals surface area contributed by atoms with Gasteiger partial charge in [-0.3, -0.25) is 19.2 Å². The van der Waals surface area contributed by atoms with Crippen LogP contribution in [0.4, 0.5) is 5.69 Å². The van der Waals surface area contributed by atoms with Gasteiger partial charge in [0.1, 0.15) is 11.5 Å². The number of esters is 2. The van der Waals surface area contributed by atoms with E-state index in [1.165, 1.54) is 48.5 Å². The van der Waals surface area contributed by atoms with E-state index in [9.17, 15) is 24.3 Å². The van der Waals surface area contributed by atoms with Gasteiger partial charge in [0.15, 0.2) is 11.8 Å². The fraction of sp³-hybridized carbons (Fsp3) is 0.0833. The van der Waals surface area contributed by atoms with Crippen LogP contribution < -0.4 is 14.8 Å². The second-order valence-electron chi connectivity index (χ2n) is 6.76. The SMILES string of the molecule is O=C(O)[C@H](C(=O)Oc1ccccc1)[C@H](C(=O)Nc1ccc(Cl)cc1)C(=O)Oc1ccccc1. The summed E-state index contributed by atoms with van der Waals surface area (Å²) in [6.45, 7) is 0. The van der Waals surface area contributed by atoms with Gasteiger partial charge in [0.2, 0.25) is 5.91 Å². The molecule has 33 heavy (non-hydrogen) atoms. The van der Waals surface area contributed by atoms with Crippen LogP contribution in [0.5, 0.6) is 11.5 Å². The van der Waals surface area contributed by atoms with E-state index < -0.39 is 35.7 Å². The van der Waals surface area contributed by atoms with Crippen LogP contribution in [-0.2, 0) is 19.2 Å². The van der Waals surface area contributed by atoms with Crippen LogP contribution in [0.15, 0.2) is 84.9 Å². The van der Waals surface area contributed by atoms with Crippen molar-refractivity contribution in [2.75, 3.05) is 5.32 Å². The van der Waals surface area contributed by atoms with Gasteiger partial charge in [0, 0.05) is 10.7 Å². The number of carbonyl (C=O) groups excluding carboxylic acids is 3. The first kappa shape index (κ1) is 23.5. The Bertz CT molecular complexity index is 1130. The van der Waals surface area contributed by atoms with Gasteiger partial charge < -0.3 is 19.9 Å². The van der Waals surface area contributed by atoms with E-state index in [2.05, 4.69) is 5.32 Å². The van der Waals surface area contributed by atoms with Crippen molar-refractivity contribution in [1.29, 1.82) is 0 Å². The minimum atomic E-state index is -2.17. The van der Waals surface area contributed by atoms with Gasteiger partial charge in [-0.05, 0) is 48.5 Å². The van der Waals surface area contributed by atoms with Crippen LogP contribution in [0.25, 0.3) is 0 Å². The second-order valence-corrected chi connectivity index (χ2v) is 7.19. The largest absolute Gasteiger partial charge is 0.481 e. The van der Waals surface area contributed by atoms with Crippen LogP contribution in [0.1, 0.15) is 0 Å². The summed E-state index contributed by atoms with van der Waals surface area (Å²) in [7, 11) is 0. The predicted molar refractivity (Wildman–Crippen MR) is 119 cm³/mol. The lowest BCUT2D eigenvalue weighted by Crippen LogP contribution is -2.46. The zero-order valence-electron chi connectivity index (χ0n) is 17.0. The molecule has 0 fully saturated rings. The highest BCUT2D eigenvalue weighted by molar-refractivity contribution is 6.30. The molecule has 2 N–H and O–H groups in total. The lowest BCUT2D eigenvalue weighted by atomic mass is 9.91. The number of nitrogens with one attached hydrogen (secondary N) is 1. The van der Waals surface area contributed by atoms with Crippen molar-refractivity contribution in [2.24, 2.45) is 11.8 Å². The van der Waals surface area contributed by atoms with Gasteiger partial charge in [-0.1, -0.05) is 48.0 Å². The smallest absolute Gasteiger partial charge is 0.327 e. The van der Waals surface area contributed by atoms with E-state index in [0.29, 0.717) is 5.02 Å². The van der Waals surface area contributed by atoms with Gasteiger partial charge in [0.25, 0.3) is 0 Å². The number of hydrogen-bond donors (Lipinski definition) is 2. The Labute approximate surface area is 193 Å². The molecule has 0 aromatic heterocycles. The van der Waals surface area contributed by atoms with Crippen molar-refractivity contribution in [1.82, 2.24) is 0 Å². The highest BCUT2D eigenvalue weighted by Gasteiger charge is 2.47. The Morgan fingerprint density at radius 2 is 1.15 bits per heavy atom. The molecule has 2 atom stereocenters. The first-order valence-corrected chi connectivity index (χ1v) is 10.1. The summed E-state index contributed by atoms with van der Waals surface area (Å²) in [5.41, 5.74) is 0.238. The standard InChI is InChI=1S/C24H18ClNO7/c25-15-11-13-16(14-12-15)26-21(27)19(23(30)32-17-7-3-1-4-8-17)20(22(28)29)24(31)33-18-9-5-2-6-10-18/h1-14,19-20H,(H,26,27)(H,28,29)/t19-,20-/m1/s1. The Hall–Kier alpha value is -4.17. The topological polar surface area (TPSA) is 119 Å². The van der Waals surface area contributed by atoms with Gasteiger partial charge in [0.05, 0.1) is 0 Å². The van der Waals surface area contributed by atoms with Gasteiger partial charge in [-0.25, -0.2) is 0 Å². The molecule has 8 nitrogen and oxygen atoms in total. The molecule has 0 saturated heterocycles. The summed E-state index contributed by atoms with van der Waals surface area (Å²) >= 11 is 5.84. The number of benzene rings is 3. The van der Waals surface area contributed by atoms with Crippen LogP contribution in [0.2, 0.25) is 5.02 Å². The number of aliphatic carboxylic acids is 1. The zero-order chi connectivity index (χ0) is 23.8. The lowest BCUT2D eigenvalue weighted by Gasteiger charge is -2.21. The molecule has 9 heteroatoms. The monoisotopic (exact) mass is 467 g/mol. The Morgan fingerprint density at radius 3 is 1.61 bits per heavy atom. The molecule has 3 aromatic rings. The number of rotatable bonds is 8. The molecule has 0 spiro atoms. The third-order valence-corrected chi connectivity index (χ3v) is 4.68. The van der Waals surface area contributed by atoms with E-state index >= 15 is 0 Å². The minimum Gasteiger partial charge on any atom is -0.481 e. The molecule has 0 bridgehead atoms. The summed E-state index contributed by atoms with van der Waals surface area (Å²) < 4.78 is 10.3. The third-order valence-electron chi connectivity index (χ3n) is 4.42. The van der Waals surface area contributed by atoms with E-state index in [1.54, 1.807) is 36.4 Å². The fourth-order valence-corrected chi connectivity index (χ4v) is 2.99. The molecule has 168 valence electrons. The van der Waals surface area contributed by atoms with Crippen molar-refractivity contribution < 1.29 is 33.8 Å². The average molecular weight is 468 g/mol. The van der Waals surface area contributed by atoms with E-state index in [0.717, 1.165) is 0 Å². The van der Waals surface area contributed by atoms with Crippen molar-refractivity contribution in [2.45, 2.75) is 0 Å². The first-order valence-electron chi connectivity index (χ1n) is 9.68. The molecule has 1 amide bonds. The van der Waals surface area contributed by atoms with Crippen LogP contribution in [-0.4, -0.2) is 28.9 Å². The van der Waals surface area contributed by atoms with Crippen molar-refractivity contribution in [3.8, 4) is 11.5 Å². The third kappa shape index (κ3) is 6.41. The van der Waals surface area contributed by atoms with Crippen molar-refractivity contribution in [3.05, 3.63) is 90.0 Å². The first-order chi connectivity index (χ1) is 15.8. The number of carboxylic acids is 1. The molecule has 3 aromatic carbocycles. The molecule has 0 unspecified atom stereocenters. The van der Waals surface area contributed by atoms with Crippen LogP contribution >= 0.6 is 11.6 Å². The quantitative estimate of drug-likeness (QED) is 0.294. The summed E-state index contributed by atoms with van der Waals surface area (Å²) in [5, 5.41) is 12.6. The van der Waals surface area contributed by atoms with Crippen molar-refractivity contribution in [3.63, 3.8) is 0 Å². The zero-order valence-corrected chi connectivity index (χ0v) is 17.8. The Balaban J connectivity index is 1.92. The van der Waals surface area contributed by atoms with Gasteiger partial charge in [-0.15, -0.1) is 0 Å². The number of carboxylic acid groups (broad SMARTS) is 1. The molecule has 0 saturated carbocycles. The highest BCUT2D eigenvalue weighted by Crippen LogP contribution is 2.23. The maximum absolute atomic E-state index is 13.0. The molecule has 0 aliphatic heterocycles. The lowest BCUT2D eigenvalue weighted by molar-refractivity contribution is -0.164. The van der Waals surface area contributed by atoms with Gasteiger partial charge >= 0.3 is 17.9 Å². The number of amides is 1. The second kappa shape index (κ2) is 10.9. The van der Waals surface area contributed by atoms with Crippen molar-refractivity contribution >= 4 is 41.1 Å². The number of ether oxygens (including phenoxy) is 2. The van der Waals surface area contributed by atoms with E-state index in [1.807, 2.05) is 0 Å². The minimum absolute atomic E-state index is 0.0574. The Morgan fingerprint density at radius 1 is 0.697 bits per heavy atom. The maximum Gasteiger partial charge on any atom is 0.327 e. The molecule has 0 aliphatic carbocycles. The molecule has 0 heterocycles. The molecule has 0 radical (unpaired) electrons. The highest BCUT2D eigenvalue weighted by atomic mass is 35.5. The number of para-hydroxylation sites is 2. The normalized spacial score (nSPS) is 12.2. The predicted octanol–water partition coefficient (Wildman–Crippen LogP) is 3.81. The maximum atomic E-state index is 13.0. The summed E-state index contributed by atoms with van der Waals surface area (Å²) in [5.74, 6) is -9.40. The van der Waals surface area contributed by atoms with E-state index in [4.69, 9.17) is 21.1 Å². The van der Waals surface area contributed by atoms with Gasteiger partial charge in [-0.2, -0.15) is 0 Å². The summed E-state index contributed by atoms with van der Waals surface area (Å²) in [6, 6.07) is 21.3. The number of carbonyl (C=O) groups is 4. The number of halogens is 1. The van der Waals surface area contributed by atoms with E-state index in [-0.39, 0.29) is 17.2 Å². The van der Waals surface area contributed by atoms with Crippen LogP contribution in [0.3, 0.4) is 0 Å². The number of hydrogen-bond acceptors (Lipinski definition) is 6. The Kier molecular flexibility index (Phi) is 7.77. The molecule has 0 aliphatic rings. The molecular weight excluding hydrogens is 450 g/mol. The average Bonchev–Trinajstić information content (AvgIpc) is 2.79. The summed E-state index contributed by atoms with van der Waals surface area (Å²) in [4.78, 5) is 50.7. The number of anilines is 1. The molecular formula is C24H18ClNO7. The fourth-order valence-electron chi connectivity index (χ4n) is 2.86. The summed E-state index contributed by atoms with van der Waals surface area (Å²) in [6.07, 6.45) is 0. The molecule has 3 rings (SSSR count).